The molecule has 0 spiro atoms. The Kier molecular flexibility index (Phi) is 9.24. The van der Waals surface area contributed by atoms with E-state index in [1.165, 1.54) is 6.42 Å². The van der Waals surface area contributed by atoms with Crippen molar-refractivity contribution < 1.29 is 14.3 Å². The van der Waals surface area contributed by atoms with E-state index < -0.39 is 6.04 Å². The van der Waals surface area contributed by atoms with Gasteiger partial charge in [-0.25, -0.2) is 0 Å². The predicted molar refractivity (Wildman–Crippen MR) is 128 cm³/mol. The summed E-state index contributed by atoms with van der Waals surface area (Å²) in [5.41, 5.74) is 0.782. The molecule has 2 aromatic rings. The first kappa shape index (κ1) is 24.4. The minimum atomic E-state index is -0.615. The molecule has 1 aliphatic carbocycles. The first-order valence-corrected chi connectivity index (χ1v) is 12.0. The lowest BCUT2D eigenvalue weighted by Gasteiger charge is -2.33. The molecule has 0 aromatic heterocycles. The number of carbonyl (C=O) groups excluding carboxylic acids is 2. The zero-order chi connectivity index (χ0) is 22.9. The molecule has 5 nitrogen and oxygen atoms in total. The van der Waals surface area contributed by atoms with Crippen LogP contribution in [0, 0.1) is 0 Å². The molecule has 0 aliphatic heterocycles. The normalized spacial score (nSPS) is 15.1. The predicted octanol–water partition coefficient (Wildman–Crippen LogP) is 5.63. The topological polar surface area (TPSA) is 58.6 Å². The highest BCUT2D eigenvalue weighted by Crippen LogP contribution is 2.24. The Morgan fingerprint density at radius 3 is 2.34 bits per heavy atom. The van der Waals surface area contributed by atoms with Crippen molar-refractivity contribution >= 4 is 35.0 Å². The summed E-state index contributed by atoms with van der Waals surface area (Å²) in [7, 11) is 0. The van der Waals surface area contributed by atoms with Gasteiger partial charge in [-0.1, -0.05) is 79.7 Å². The van der Waals surface area contributed by atoms with Gasteiger partial charge in [-0.05, 0) is 43.0 Å². The van der Waals surface area contributed by atoms with Crippen LogP contribution in [0.5, 0.6) is 5.75 Å². The van der Waals surface area contributed by atoms with E-state index in [-0.39, 0.29) is 31.0 Å². The van der Waals surface area contributed by atoms with Crippen molar-refractivity contribution in [2.45, 2.75) is 64.1 Å². The molecule has 0 heterocycles. The van der Waals surface area contributed by atoms with Gasteiger partial charge in [0.2, 0.25) is 5.91 Å². The molecule has 0 radical (unpaired) electrons. The number of benzene rings is 2. The van der Waals surface area contributed by atoms with Crippen LogP contribution in [-0.4, -0.2) is 35.4 Å². The van der Waals surface area contributed by atoms with Gasteiger partial charge in [0.25, 0.3) is 5.91 Å². The third-order valence-corrected chi connectivity index (χ3v) is 6.50. The summed E-state index contributed by atoms with van der Waals surface area (Å²) in [4.78, 5) is 28.0. The second-order valence-electron chi connectivity index (χ2n) is 8.10. The number of ether oxygens (including phenoxy) is 1. The zero-order valence-electron chi connectivity index (χ0n) is 18.4. The second-order valence-corrected chi connectivity index (χ2v) is 8.91. The largest absolute Gasteiger partial charge is 0.482 e. The van der Waals surface area contributed by atoms with Crippen LogP contribution in [0.15, 0.2) is 48.5 Å². The Labute approximate surface area is 200 Å². The second kappa shape index (κ2) is 12.1. The van der Waals surface area contributed by atoms with Crippen LogP contribution in [0.4, 0.5) is 0 Å². The molecule has 1 fully saturated rings. The maximum atomic E-state index is 13.3. The number of amides is 2. The highest BCUT2D eigenvalue weighted by Gasteiger charge is 2.31. The van der Waals surface area contributed by atoms with Crippen LogP contribution < -0.4 is 10.1 Å². The Bertz CT molecular complexity index is 916. The minimum Gasteiger partial charge on any atom is -0.482 e. The van der Waals surface area contributed by atoms with E-state index in [2.05, 4.69) is 5.32 Å². The van der Waals surface area contributed by atoms with Crippen LogP contribution in [0.2, 0.25) is 10.0 Å². The third-order valence-electron chi connectivity index (χ3n) is 5.82. The summed E-state index contributed by atoms with van der Waals surface area (Å²) < 4.78 is 5.68. The van der Waals surface area contributed by atoms with Crippen molar-refractivity contribution in [2.24, 2.45) is 0 Å². The molecule has 1 aliphatic rings. The molecule has 0 bridgehead atoms. The van der Waals surface area contributed by atoms with Gasteiger partial charge in [0.1, 0.15) is 11.8 Å². The molecule has 3 rings (SSSR count). The van der Waals surface area contributed by atoms with Gasteiger partial charge in [0.15, 0.2) is 6.61 Å². The van der Waals surface area contributed by atoms with Crippen LogP contribution >= 0.6 is 23.2 Å². The minimum absolute atomic E-state index is 0.127. The van der Waals surface area contributed by atoms with Gasteiger partial charge in [-0.15, -0.1) is 0 Å². The van der Waals surface area contributed by atoms with E-state index in [9.17, 15) is 9.59 Å². The molecule has 1 atom stereocenters. The fourth-order valence-corrected chi connectivity index (χ4v) is 4.44. The first-order chi connectivity index (χ1) is 15.5. The third kappa shape index (κ3) is 6.63. The van der Waals surface area contributed by atoms with E-state index in [1.54, 1.807) is 35.2 Å². The van der Waals surface area contributed by atoms with Crippen LogP contribution in [-0.2, 0) is 16.1 Å². The smallest absolute Gasteiger partial charge is 0.261 e. The quantitative estimate of drug-likeness (QED) is 0.510. The van der Waals surface area contributed by atoms with E-state index in [0.29, 0.717) is 22.2 Å². The number of nitrogens with zero attached hydrogens (tertiary/aromatic N) is 1. The van der Waals surface area contributed by atoms with Crippen LogP contribution in [0.25, 0.3) is 0 Å². The van der Waals surface area contributed by atoms with Crippen molar-refractivity contribution in [3.05, 3.63) is 64.1 Å². The van der Waals surface area contributed by atoms with Gasteiger partial charge in [0, 0.05) is 17.6 Å². The number of para-hydroxylation sites is 1. The molecule has 7 heteroatoms. The standard InChI is InChI=1S/C25H30Cl2N2O3/c1-2-22(25(31)28-19-11-4-3-5-12-19)29(16-18-10-6-7-13-20(18)26)24(30)17-32-23-15-9-8-14-21(23)27/h6-10,13-15,19,22H,2-5,11-12,16-17H2,1H3,(H,28,31)/t22-/m0/s1. The molecule has 0 unspecified atom stereocenters. The highest BCUT2D eigenvalue weighted by atomic mass is 35.5. The number of nitrogens with one attached hydrogen (secondary N) is 1. The average molecular weight is 477 g/mol. The molecule has 1 saturated carbocycles. The Balaban J connectivity index is 1.77. The highest BCUT2D eigenvalue weighted by molar-refractivity contribution is 6.32. The fourth-order valence-electron chi connectivity index (χ4n) is 4.06. The monoisotopic (exact) mass is 476 g/mol. The summed E-state index contributed by atoms with van der Waals surface area (Å²) in [6, 6.07) is 13.9. The molecule has 0 saturated heterocycles. The van der Waals surface area contributed by atoms with E-state index >= 15 is 0 Å². The lowest BCUT2D eigenvalue weighted by Crippen LogP contribution is -2.52. The number of hydrogen-bond donors (Lipinski definition) is 1. The van der Waals surface area contributed by atoms with Gasteiger partial charge in [0.05, 0.1) is 5.02 Å². The maximum absolute atomic E-state index is 13.3. The average Bonchev–Trinajstić information content (AvgIpc) is 2.80. The van der Waals surface area contributed by atoms with Crippen LogP contribution in [0.1, 0.15) is 51.0 Å². The van der Waals surface area contributed by atoms with Gasteiger partial charge in [-0.3, -0.25) is 9.59 Å². The summed E-state index contributed by atoms with van der Waals surface area (Å²) in [6.07, 6.45) is 5.90. The Morgan fingerprint density at radius 1 is 1.03 bits per heavy atom. The summed E-state index contributed by atoms with van der Waals surface area (Å²) >= 11 is 12.5. The Hall–Kier alpha value is -2.24. The molecular formula is C25H30Cl2N2O3. The van der Waals surface area contributed by atoms with Crippen molar-refractivity contribution in [3.8, 4) is 5.75 Å². The number of hydrogen-bond acceptors (Lipinski definition) is 3. The molecule has 1 N–H and O–H groups in total. The molecule has 2 amide bonds. The van der Waals surface area contributed by atoms with Gasteiger partial charge in [-0.2, -0.15) is 0 Å². The van der Waals surface area contributed by atoms with Gasteiger partial charge < -0.3 is 15.0 Å². The van der Waals surface area contributed by atoms with E-state index in [0.717, 1.165) is 31.2 Å². The van der Waals surface area contributed by atoms with Gasteiger partial charge >= 0.3 is 0 Å². The zero-order valence-corrected chi connectivity index (χ0v) is 19.9. The van der Waals surface area contributed by atoms with Crippen molar-refractivity contribution in [3.63, 3.8) is 0 Å². The summed E-state index contributed by atoms with van der Waals surface area (Å²) in [5, 5.41) is 4.15. The first-order valence-electron chi connectivity index (χ1n) is 11.2. The van der Waals surface area contributed by atoms with Crippen LogP contribution in [0.3, 0.4) is 0 Å². The van der Waals surface area contributed by atoms with Crippen molar-refractivity contribution in [1.29, 1.82) is 0 Å². The molecule has 172 valence electrons. The number of halogens is 2. The van der Waals surface area contributed by atoms with Crippen molar-refractivity contribution in [1.82, 2.24) is 10.2 Å². The molecule has 32 heavy (non-hydrogen) atoms. The van der Waals surface area contributed by atoms with E-state index in [4.69, 9.17) is 27.9 Å². The Morgan fingerprint density at radius 2 is 1.69 bits per heavy atom. The summed E-state index contributed by atoms with van der Waals surface area (Å²) in [5.74, 6) is 0.00736. The maximum Gasteiger partial charge on any atom is 0.261 e. The fraction of sp³-hybridized carbons (Fsp3) is 0.440. The molecular weight excluding hydrogens is 447 g/mol. The summed E-state index contributed by atoms with van der Waals surface area (Å²) in [6.45, 7) is 1.91. The number of rotatable bonds is 9. The lowest BCUT2D eigenvalue weighted by atomic mass is 9.95. The number of carbonyl (C=O) groups is 2. The van der Waals surface area contributed by atoms with E-state index in [1.807, 2.05) is 25.1 Å². The SMILES string of the molecule is CC[C@@H](C(=O)NC1CCCCC1)N(Cc1ccccc1Cl)C(=O)COc1ccccc1Cl. The molecule has 2 aromatic carbocycles. The van der Waals surface area contributed by atoms with Crippen molar-refractivity contribution in [2.75, 3.05) is 6.61 Å². The lowest BCUT2D eigenvalue weighted by molar-refractivity contribution is -0.143.